The van der Waals surface area contributed by atoms with E-state index in [1.165, 1.54) is 23.8 Å². The van der Waals surface area contributed by atoms with Crippen LogP contribution in [0.25, 0.3) is 16.8 Å². The number of aromatic hydroxyl groups is 1. The molecule has 2 heterocycles. The molecule has 3 aromatic rings. The fourth-order valence-electron chi connectivity index (χ4n) is 7.10. The molecule has 9 nitrogen and oxygen atoms in total. The SMILES string of the molecule is CC/C(=C\c1ccc(O)c2ccccc12)CC[C@H]1OC[C@H]2C1=C(COC)C[C@H]1C(=O)N(c3cccc([N+](=O)[O-])c3)C(=O)[C@H]12. The number of carbonyl (C=O) groups excluding carboxylic acids is 2. The molecule has 3 aromatic carbocycles. The van der Waals surface area contributed by atoms with Crippen LogP contribution in [0.1, 0.15) is 38.2 Å². The van der Waals surface area contributed by atoms with E-state index in [-0.39, 0.29) is 41.0 Å². The number of benzene rings is 3. The van der Waals surface area contributed by atoms with Gasteiger partial charge in [-0.15, -0.1) is 0 Å². The van der Waals surface area contributed by atoms with Gasteiger partial charge >= 0.3 is 0 Å². The van der Waals surface area contributed by atoms with Crippen LogP contribution in [0.5, 0.6) is 5.75 Å². The number of nitrogens with zero attached hydrogens (tertiary/aromatic N) is 2. The van der Waals surface area contributed by atoms with Crippen LogP contribution in [0.2, 0.25) is 0 Å². The molecule has 9 heteroatoms. The van der Waals surface area contributed by atoms with Gasteiger partial charge in [-0.1, -0.05) is 55.0 Å². The van der Waals surface area contributed by atoms with Crippen molar-refractivity contribution in [3.05, 3.63) is 93.1 Å². The van der Waals surface area contributed by atoms with E-state index in [0.717, 1.165) is 51.6 Å². The lowest BCUT2D eigenvalue weighted by atomic mass is 9.69. The van der Waals surface area contributed by atoms with Crippen molar-refractivity contribution in [1.29, 1.82) is 0 Å². The average molecular weight is 583 g/mol. The molecule has 1 N–H and O–H groups in total. The van der Waals surface area contributed by atoms with Gasteiger partial charge in [0.2, 0.25) is 11.8 Å². The first-order valence-corrected chi connectivity index (χ1v) is 14.7. The molecule has 2 saturated heterocycles. The van der Waals surface area contributed by atoms with Crippen LogP contribution in [0.15, 0.2) is 77.4 Å². The Morgan fingerprint density at radius 2 is 1.88 bits per heavy atom. The summed E-state index contributed by atoms with van der Waals surface area (Å²) in [6.07, 6.45) is 4.75. The van der Waals surface area contributed by atoms with Crippen LogP contribution in [0.4, 0.5) is 11.4 Å². The number of imide groups is 1. The number of hydrogen-bond donors (Lipinski definition) is 1. The average Bonchev–Trinajstić information content (AvgIpc) is 3.54. The number of nitro benzene ring substituents is 1. The number of amides is 2. The van der Waals surface area contributed by atoms with Crippen LogP contribution < -0.4 is 4.90 Å². The number of ether oxygens (including phenoxy) is 2. The molecule has 0 bridgehead atoms. The summed E-state index contributed by atoms with van der Waals surface area (Å²) in [6, 6.07) is 17.1. The van der Waals surface area contributed by atoms with Crippen LogP contribution in [0, 0.1) is 27.9 Å². The monoisotopic (exact) mass is 582 g/mol. The van der Waals surface area contributed by atoms with Crippen molar-refractivity contribution < 1.29 is 29.1 Å². The second kappa shape index (κ2) is 11.7. The van der Waals surface area contributed by atoms with Gasteiger partial charge < -0.3 is 14.6 Å². The third-order valence-electron chi connectivity index (χ3n) is 9.10. The normalized spacial score (nSPS) is 23.7. The third-order valence-corrected chi connectivity index (χ3v) is 9.10. The molecule has 0 saturated carbocycles. The molecule has 222 valence electrons. The molecule has 0 unspecified atom stereocenters. The van der Waals surface area contributed by atoms with Gasteiger partial charge in [-0.25, -0.2) is 4.90 Å². The van der Waals surface area contributed by atoms with Crippen molar-refractivity contribution in [2.24, 2.45) is 17.8 Å². The summed E-state index contributed by atoms with van der Waals surface area (Å²) in [4.78, 5) is 39.3. The number of phenolic OH excluding ortho intramolecular Hbond substituents is 1. The molecule has 2 aliphatic heterocycles. The highest BCUT2D eigenvalue weighted by molar-refractivity contribution is 6.22. The highest BCUT2D eigenvalue weighted by Gasteiger charge is 2.57. The number of fused-ring (bicyclic) bond motifs is 4. The van der Waals surface area contributed by atoms with Crippen LogP contribution in [-0.4, -0.2) is 48.3 Å². The Bertz CT molecular complexity index is 1680. The number of carbonyl (C=O) groups is 2. The first kappa shape index (κ1) is 28.8. The maximum atomic E-state index is 13.8. The minimum atomic E-state index is -0.572. The van der Waals surface area contributed by atoms with Crippen molar-refractivity contribution in [3.8, 4) is 5.75 Å². The van der Waals surface area contributed by atoms with E-state index in [9.17, 15) is 24.8 Å². The molecule has 4 atom stereocenters. The van der Waals surface area contributed by atoms with Gasteiger partial charge in [-0.05, 0) is 59.9 Å². The molecule has 0 radical (unpaired) electrons. The summed E-state index contributed by atoms with van der Waals surface area (Å²) in [5, 5.41) is 23.5. The Balaban J connectivity index is 1.25. The number of hydrogen-bond acceptors (Lipinski definition) is 7. The van der Waals surface area contributed by atoms with Crippen molar-refractivity contribution in [3.63, 3.8) is 0 Å². The zero-order chi connectivity index (χ0) is 30.2. The molecule has 1 aliphatic carbocycles. The predicted molar refractivity (Wildman–Crippen MR) is 162 cm³/mol. The highest BCUT2D eigenvalue weighted by Crippen LogP contribution is 2.50. The van der Waals surface area contributed by atoms with Gasteiger partial charge in [0.25, 0.3) is 5.69 Å². The lowest BCUT2D eigenvalue weighted by Gasteiger charge is -2.31. The number of methoxy groups -OCH3 is 1. The van der Waals surface area contributed by atoms with Gasteiger partial charge in [0.05, 0.1) is 41.8 Å². The molecule has 0 aromatic heterocycles. The van der Waals surface area contributed by atoms with Crippen LogP contribution in [-0.2, 0) is 19.1 Å². The lowest BCUT2D eigenvalue weighted by Crippen LogP contribution is -2.35. The molecule has 43 heavy (non-hydrogen) atoms. The Labute approximate surface area is 249 Å². The Morgan fingerprint density at radius 1 is 1.09 bits per heavy atom. The molecular weight excluding hydrogens is 548 g/mol. The van der Waals surface area contributed by atoms with E-state index < -0.39 is 16.8 Å². The fourth-order valence-corrected chi connectivity index (χ4v) is 7.10. The van der Waals surface area contributed by atoms with E-state index in [2.05, 4.69) is 13.0 Å². The molecule has 3 aliphatic rings. The molecule has 0 spiro atoms. The van der Waals surface area contributed by atoms with E-state index in [1.807, 2.05) is 30.3 Å². The quantitative estimate of drug-likeness (QED) is 0.138. The zero-order valence-electron chi connectivity index (χ0n) is 24.2. The van der Waals surface area contributed by atoms with Crippen LogP contribution >= 0.6 is 0 Å². The van der Waals surface area contributed by atoms with Crippen LogP contribution in [0.3, 0.4) is 0 Å². The van der Waals surface area contributed by atoms with Gasteiger partial charge in [0.1, 0.15) is 5.75 Å². The second-order valence-corrected chi connectivity index (χ2v) is 11.5. The number of allylic oxidation sites excluding steroid dienone is 1. The minimum Gasteiger partial charge on any atom is -0.507 e. The zero-order valence-corrected chi connectivity index (χ0v) is 24.2. The summed E-state index contributed by atoms with van der Waals surface area (Å²) in [5.41, 5.74) is 4.42. The topological polar surface area (TPSA) is 119 Å². The van der Waals surface area contributed by atoms with Crippen molar-refractivity contribution in [2.45, 2.75) is 38.7 Å². The number of nitro groups is 1. The summed E-state index contributed by atoms with van der Waals surface area (Å²) in [6.45, 7) is 2.81. The smallest absolute Gasteiger partial charge is 0.271 e. The Morgan fingerprint density at radius 3 is 2.63 bits per heavy atom. The molecule has 2 fully saturated rings. The molecule has 2 amide bonds. The third kappa shape index (κ3) is 5.13. The predicted octanol–water partition coefficient (Wildman–Crippen LogP) is 6.19. The van der Waals surface area contributed by atoms with Gasteiger partial charge in [0.15, 0.2) is 0 Å². The summed E-state index contributed by atoms with van der Waals surface area (Å²) >= 11 is 0. The first-order valence-electron chi connectivity index (χ1n) is 14.7. The van der Waals surface area contributed by atoms with Gasteiger partial charge in [0, 0.05) is 30.5 Å². The second-order valence-electron chi connectivity index (χ2n) is 11.5. The lowest BCUT2D eigenvalue weighted by molar-refractivity contribution is -0.384. The molecule has 6 rings (SSSR count). The van der Waals surface area contributed by atoms with Crippen molar-refractivity contribution in [1.82, 2.24) is 0 Å². The van der Waals surface area contributed by atoms with E-state index in [4.69, 9.17) is 9.47 Å². The number of phenols is 1. The number of non-ortho nitro benzene ring substituents is 1. The maximum absolute atomic E-state index is 13.8. The number of anilines is 1. The van der Waals surface area contributed by atoms with Crippen molar-refractivity contribution >= 4 is 40.0 Å². The van der Waals surface area contributed by atoms with E-state index in [1.54, 1.807) is 19.2 Å². The highest BCUT2D eigenvalue weighted by atomic mass is 16.6. The van der Waals surface area contributed by atoms with Gasteiger partial charge in [-0.3, -0.25) is 19.7 Å². The standard InChI is InChI=1S/C34H34N2O7/c1-3-20(15-21-12-13-29(37)26-10-5-4-9-25(21)26)11-14-30-31-22(18-42-2)16-27-32(28(31)19-43-30)34(39)35(33(27)38)23-7-6-8-24(17-23)36(40)41/h4-10,12-13,15,17,27-28,30,32,37H,3,11,14,16,18-19H2,1-2H3/b20-15+/t27-,28+,30-,32-/m1/s1. The summed E-state index contributed by atoms with van der Waals surface area (Å²) < 4.78 is 11.9. The first-order chi connectivity index (χ1) is 20.8. The van der Waals surface area contributed by atoms with Crippen molar-refractivity contribution in [2.75, 3.05) is 25.2 Å². The Kier molecular flexibility index (Phi) is 7.85. The Hall–Kier alpha value is -4.34. The largest absolute Gasteiger partial charge is 0.507 e. The fraction of sp³-hybridized carbons (Fsp3) is 0.353. The summed E-state index contributed by atoms with van der Waals surface area (Å²) in [5.74, 6) is -1.77. The van der Waals surface area contributed by atoms with E-state index >= 15 is 0 Å². The maximum Gasteiger partial charge on any atom is 0.271 e. The number of rotatable bonds is 9. The minimum absolute atomic E-state index is 0.170. The van der Waals surface area contributed by atoms with Gasteiger partial charge in [-0.2, -0.15) is 0 Å². The molecular formula is C34H34N2O7. The van der Waals surface area contributed by atoms with E-state index in [0.29, 0.717) is 19.6 Å². The summed E-state index contributed by atoms with van der Waals surface area (Å²) in [7, 11) is 1.62.